The van der Waals surface area contributed by atoms with Gasteiger partial charge in [0, 0.05) is 18.4 Å². The number of fused-ring (bicyclic) bond motifs is 4. The molecule has 1 unspecified atom stereocenters. The predicted octanol–water partition coefficient (Wildman–Crippen LogP) is 4.61. The molecule has 0 bridgehead atoms. The van der Waals surface area contributed by atoms with Crippen LogP contribution in [0.3, 0.4) is 0 Å². The first-order valence-electron chi connectivity index (χ1n) is 12.2. The van der Waals surface area contributed by atoms with Gasteiger partial charge in [0.2, 0.25) is 5.82 Å². The van der Waals surface area contributed by atoms with Crippen LogP contribution in [0.1, 0.15) is 65.4 Å². The molecule has 0 aliphatic carbocycles. The molecule has 36 heavy (non-hydrogen) atoms. The highest BCUT2D eigenvalue weighted by Crippen LogP contribution is 2.46. The minimum absolute atomic E-state index is 0.255. The molecule has 0 saturated carbocycles. The van der Waals surface area contributed by atoms with Gasteiger partial charge in [-0.3, -0.25) is 23.9 Å². The monoisotopic (exact) mass is 481 g/mol. The fraction of sp³-hybridized carbons (Fsp3) is 0.310. The summed E-state index contributed by atoms with van der Waals surface area (Å²) in [7, 11) is 1.54. The molecular formula is C29H27N3O4. The van der Waals surface area contributed by atoms with Gasteiger partial charge in [-0.25, -0.2) is 9.86 Å². The molecule has 2 aliphatic heterocycles. The highest BCUT2D eigenvalue weighted by Gasteiger charge is 2.49. The summed E-state index contributed by atoms with van der Waals surface area (Å²) in [6.07, 6.45) is 3.55. The molecule has 0 spiro atoms. The highest BCUT2D eigenvalue weighted by molar-refractivity contribution is 6.21. The molecule has 7 heteroatoms. The number of para-hydroxylation sites is 1. The second kappa shape index (κ2) is 9.50. The molecule has 1 atom stereocenters. The Bertz CT molecular complexity index is 1440. The van der Waals surface area contributed by atoms with Crippen LogP contribution in [-0.4, -0.2) is 45.9 Å². The molecule has 2 aromatic carbocycles. The molecule has 0 saturated heterocycles. The summed E-state index contributed by atoms with van der Waals surface area (Å²) in [4.78, 5) is 44.4. The van der Waals surface area contributed by atoms with E-state index in [9.17, 15) is 14.4 Å². The fourth-order valence-corrected chi connectivity index (χ4v) is 5.21. The van der Waals surface area contributed by atoms with Crippen LogP contribution in [-0.2, 0) is 15.2 Å². The Morgan fingerprint density at radius 2 is 1.67 bits per heavy atom. The minimum Gasteiger partial charge on any atom is -0.285 e. The van der Waals surface area contributed by atoms with Crippen molar-refractivity contribution >= 4 is 34.5 Å². The van der Waals surface area contributed by atoms with Crippen molar-refractivity contribution in [2.45, 2.75) is 44.6 Å². The summed E-state index contributed by atoms with van der Waals surface area (Å²) < 4.78 is 1.88. The summed E-state index contributed by atoms with van der Waals surface area (Å²) in [6, 6.07) is 16.8. The number of benzene rings is 2. The van der Waals surface area contributed by atoms with Crippen molar-refractivity contribution in [2.75, 3.05) is 13.7 Å². The zero-order valence-corrected chi connectivity index (χ0v) is 20.4. The largest absolute Gasteiger partial charge is 0.285 e. The summed E-state index contributed by atoms with van der Waals surface area (Å²) in [6.45, 7) is 2.41. The van der Waals surface area contributed by atoms with Crippen molar-refractivity contribution in [3.8, 4) is 11.8 Å². The lowest BCUT2D eigenvalue weighted by Crippen LogP contribution is -2.39. The van der Waals surface area contributed by atoms with Crippen molar-refractivity contribution in [2.24, 2.45) is 0 Å². The fourth-order valence-electron chi connectivity index (χ4n) is 5.21. The normalized spacial score (nSPS) is 18.3. The smallest absolute Gasteiger partial charge is 0.261 e. The van der Waals surface area contributed by atoms with Crippen LogP contribution in [0.15, 0.2) is 54.6 Å². The van der Waals surface area contributed by atoms with Crippen molar-refractivity contribution in [1.82, 2.24) is 14.5 Å². The van der Waals surface area contributed by atoms with Crippen LogP contribution < -0.4 is 0 Å². The van der Waals surface area contributed by atoms with E-state index in [1.165, 1.54) is 12.0 Å². The summed E-state index contributed by atoms with van der Waals surface area (Å²) in [5, 5.41) is 2.60. The second-order valence-electron chi connectivity index (χ2n) is 9.00. The maximum Gasteiger partial charge on any atom is 0.261 e. The van der Waals surface area contributed by atoms with Gasteiger partial charge in [0.05, 0.1) is 29.4 Å². The molecule has 0 fully saturated rings. The van der Waals surface area contributed by atoms with E-state index in [1.807, 2.05) is 28.8 Å². The Kier molecular flexibility index (Phi) is 6.24. The SMILES string of the molecule is CCCCC1(C#CCCCN2C(=O)c3ccccc3C2=O)c2cc3ccccc3n2C(=C=O)N1OC. The van der Waals surface area contributed by atoms with Crippen molar-refractivity contribution < 1.29 is 19.2 Å². The van der Waals surface area contributed by atoms with Gasteiger partial charge in [-0.05, 0) is 43.5 Å². The molecule has 3 aromatic rings. The number of nitrogens with zero attached hydrogens (tertiary/aromatic N) is 3. The van der Waals surface area contributed by atoms with Crippen LogP contribution in [0.25, 0.3) is 16.7 Å². The number of aromatic nitrogens is 1. The number of carbonyl (C=O) groups excluding carboxylic acids is 3. The maximum absolute atomic E-state index is 12.6. The minimum atomic E-state index is -0.841. The number of amides is 2. The zero-order chi connectivity index (χ0) is 25.3. The number of hydrogen-bond donors (Lipinski definition) is 0. The number of unbranched alkanes of at least 4 members (excludes halogenated alkanes) is 2. The standard InChI is InChI=1S/C29H27N3O4/c1-3-4-16-29(17-10-5-11-18-30-27(34)22-13-7-8-14-23(22)28(30)35)25-19-21-12-6-9-15-24(21)31(25)26(20-33)32(29)36-2/h6-9,12-15,19H,3-5,11,16,18H2,1-2H3. The van der Waals surface area contributed by atoms with Crippen molar-refractivity contribution in [3.05, 3.63) is 71.4 Å². The van der Waals surface area contributed by atoms with Gasteiger partial charge < -0.3 is 0 Å². The first-order chi connectivity index (χ1) is 17.6. The second-order valence-corrected chi connectivity index (χ2v) is 9.00. The van der Waals surface area contributed by atoms with Crippen LogP contribution in [0.5, 0.6) is 0 Å². The first-order valence-corrected chi connectivity index (χ1v) is 12.2. The molecule has 7 nitrogen and oxygen atoms in total. The molecule has 0 N–H and O–H groups in total. The lowest BCUT2D eigenvalue weighted by atomic mass is 9.89. The predicted molar refractivity (Wildman–Crippen MR) is 136 cm³/mol. The van der Waals surface area contributed by atoms with E-state index in [4.69, 9.17) is 4.84 Å². The summed E-state index contributed by atoms with van der Waals surface area (Å²) in [5.41, 5.74) is 1.85. The molecular weight excluding hydrogens is 454 g/mol. The van der Waals surface area contributed by atoms with Crippen molar-refractivity contribution in [3.63, 3.8) is 0 Å². The third-order valence-electron chi connectivity index (χ3n) is 6.91. The molecule has 0 radical (unpaired) electrons. The first kappa shape index (κ1) is 23.6. The quantitative estimate of drug-likeness (QED) is 0.213. The van der Waals surface area contributed by atoms with Crippen LogP contribution in [0, 0.1) is 11.8 Å². The average Bonchev–Trinajstić information content (AvgIpc) is 3.49. The Balaban J connectivity index is 1.42. The highest BCUT2D eigenvalue weighted by atomic mass is 16.7. The maximum atomic E-state index is 12.6. The van der Waals surface area contributed by atoms with Crippen molar-refractivity contribution in [1.29, 1.82) is 0 Å². The summed E-state index contributed by atoms with van der Waals surface area (Å²) in [5.74, 6) is 8.53. The Labute approximate surface area is 209 Å². The van der Waals surface area contributed by atoms with Gasteiger partial charge in [0.1, 0.15) is 0 Å². The number of imide groups is 1. The van der Waals surface area contributed by atoms with Gasteiger partial charge in [-0.1, -0.05) is 49.6 Å². The zero-order valence-electron chi connectivity index (χ0n) is 20.4. The lowest BCUT2D eigenvalue weighted by molar-refractivity contribution is -0.131. The van der Waals surface area contributed by atoms with E-state index in [0.717, 1.165) is 29.4 Å². The average molecular weight is 482 g/mol. The topological polar surface area (TPSA) is 71.9 Å². The van der Waals surface area contributed by atoms with E-state index in [0.29, 0.717) is 36.9 Å². The van der Waals surface area contributed by atoms with Gasteiger partial charge in [-0.15, -0.1) is 5.92 Å². The Morgan fingerprint density at radius 3 is 2.33 bits per heavy atom. The van der Waals surface area contributed by atoms with Gasteiger partial charge >= 0.3 is 0 Å². The third-order valence-corrected chi connectivity index (χ3v) is 6.91. The van der Waals surface area contributed by atoms with Crippen LogP contribution in [0.2, 0.25) is 0 Å². The molecule has 3 heterocycles. The number of hydrogen-bond acceptors (Lipinski definition) is 5. The van der Waals surface area contributed by atoms with Crippen LogP contribution >= 0.6 is 0 Å². The molecule has 5 rings (SSSR count). The molecule has 2 aliphatic rings. The van der Waals surface area contributed by atoms with E-state index >= 15 is 0 Å². The lowest BCUT2D eigenvalue weighted by Gasteiger charge is -2.32. The number of rotatable bonds is 7. The Hall–Kier alpha value is -4.11. The third kappa shape index (κ3) is 3.54. The molecule has 1 aromatic heterocycles. The molecule has 182 valence electrons. The van der Waals surface area contributed by atoms with Gasteiger partial charge in [0.25, 0.3) is 11.8 Å². The van der Waals surface area contributed by atoms with E-state index in [2.05, 4.69) is 30.8 Å². The van der Waals surface area contributed by atoms with Gasteiger partial charge in [-0.2, -0.15) is 0 Å². The number of carbonyl (C=O) groups is 2. The molecule has 2 amide bonds. The van der Waals surface area contributed by atoms with E-state index < -0.39 is 5.54 Å². The number of hydroxylamine groups is 2. The van der Waals surface area contributed by atoms with E-state index in [1.54, 1.807) is 29.3 Å². The van der Waals surface area contributed by atoms with E-state index in [-0.39, 0.29) is 17.6 Å². The van der Waals surface area contributed by atoms with Gasteiger partial charge in [0.15, 0.2) is 11.5 Å². The Morgan fingerprint density at radius 1 is 0.972 bits per heavy atom. The summed E-state index contributed by atoms with van der Waals surface area (Å²) >= 11 is 0. The van der Waals surface area contributed by atoms with Crippen LogP contribution in [0.4, 0.5) is 0 Å².